The summed E-state index contributed by atoms with van der Waals surface area (Å²) in [7, 11) is 1.65. The molecular weight excluding hydrogens is 226 g/mol. The van der Waals surface area contributed by atoms with Crippen molar-refractivity contribution in [2.45, 2.75) is 0 Å². The van der Waals surface area contributed by atoms with Gasteiger partial charge in [0, 0.05) is 17.4 Å². The van der Waals surface area contributed by atoms with Gasteiger partial charge in [0.15, 0.2) is 0 Å². The largest absolute Gasteiger partial charge is 0.497 e. The molecule has 90 valence electrons. The van der Waals surface area contributed by atoms with E-state index in [4.69, 9.17) is 10.5 Å². The first-order valence-electron chi connectivity index (χ1n) is 5.65. The average molecular weight is 239 g/mol. The molecule has 2 N–H and O–H groups in total. The number of aromatic nitrogens is 2. The summed E-state index contributed by atoms with van der Waals surface area (Å²) in [6.07, 6.45) is 3.70. The number of methoxy groups -OCH3 is 1. The van der Waals surface area contributed by atoms with Gasteiger partial charge in [0.25, 0.3) is 0 Å². The molecule has 0 aliphatic heterocycles. The Labute approximate surface area is 105 Å². The smallest absolute Gasteiger partial charge is 0.144 e. The van der Waals surface area contributed by atoms with Crippen LogP contribution in [-0.4, -0.2) is 16.5 Å². The Bertz CT molecular complexity index is 703. The molecule has 1 aromatic carbocycles. The summed E-state index contributed by atoms with van der Waals surface area (Å²) >= 11 is 0. The van der Waals surface area contributed by atoms with Crippen LogP contribution in [0.2, 0.25) is 0 Å². The van der Waals surface area contributed by atoms with Crippen molar-refractivity contribution < 1.29 is 4.74 Å². The van der Waals surface area contributed by atoms with Crippen molar-refractivity contribution in [2.75, 3.05) is 12.8 Å². The van der Waals surface area contributed by atoms with Gasteiger partial charge in [-0.2, -0.15) is 0 Å². The fourth-order valence-electron chi connectivity index (χ4n) is 1.98. The summed E-state index contributed by atoms with van der Waals surface area (Å²) in [5.41, 5.74) is 8.54. The van der Waals surface area contributed by atoms with Gasteiger partial charge in [0.05, 0.1) is 18.8 Å². The molecule has 4 heteroatoms. The van der Waals surface area contributed by atoms with Crippen LogP contribution in [0.15, 0.2) is 48.8 Å². The van der Waals surface area contributed by atoms with Crippen molar-refractivity contribution >= 4 is 11.2 Å². The van der Waals surface area contributed by atoms with Crippen LogP contribution in [0.3, 0.4) is 0 Å². The lowest BCUT2D eigenvalue weighted by molar-refractivity contribution is 0.415. The van der Waals surface area contributed by atoms with Crippen molar-refractivity contribution in [2.24, 2.45) is 0 Å². The normalized spacial score (nSPS) is 10.7. The Balaban J connectivity index is 2.21. The highest BCUT2D eigenvalue weighted by atomic mass is 16.5. The number of nitrogen functional groups attached to an aromatic ring is 1. The summed E-state index contributed by atoms with van der Waals surface area (Å²) in [6.45, 7) is 0. The van der Waals surface area contributed by atoms with Crippen molar-refractivity contribution in [3.8, 4) is 17.1 Å². The molecule has 18 heavy (non-hydrogen) atoms. The van der Waals surface area contributed by atoms with Gasteiger partial charge in [0.1, 0.15) is 11.6 Å². The molecule has 0 fully saturated rings. The molecule has 0 spiro atoms. The number of pyridine rings is 1. The Kier molecular flexibility index (Phi) is 2.41. The number of nitrogens with zero attached hydrogens (tertiary/aromatic N) is 2. The third kappa shape index (κ3) is 1.68. The number of hydrogen-bond donors (Lipinski definition) is 1. The molecule has 2 aromatic heterocycles. The van der Waals surface area contributed by atoms with Crippen molar-refractivity contribution in [1.29, 1.82) is 0 Å². The molecule has 0 saturated heterocycles. The zero-order valence-corrected chi connectivity index (χ0v) is 10.00. The van der Waals surface area contributed by atoms with E-state index in [0.717, 1.165) is 22.7 Å². The molecule has 0 unspecified atom stereocenters. The summed E-state index contributed by atoms with van der Waals surface area (Å²) in [4.78, 5) is 4.43. The van der Waals surface area contributed by atoms with E-state index in [1.807, 2.05) is 53.2 Å². The van der Waals surface area contributed by atoms with E-state index in [9.17, 15) is 0 Å². The third-order valence-corrected chi connectivity index (χ3v) is 2.88. The first-order valence-corrected chi connectivity index (χ1v) is 5.65. The lowest BCUT2D eigenvalue weighted by atomic mass is 10.2. The number of benzene rings is 1. The molecule has 0 amide bonds. The highest BCUT2D eigenvalue weighted by Gasteiger charge is 2.07. The minimum absolute atomic E-state index is 0.713. The number of imidazole rings is 1. The van der Waals surface area contributed by atoms with Crippen molar-refractivity contribution in [1.82, 2.24) is 9.38 Å². The van der Waals surface area contributed by atoms with Gasteiger partial charge < -0.3 is 10.5 Å². The number of nitrogens with two attached hydrogens (primary N) is 1. The predicted octanol–water partition coefficient (Wildman–Crippen LogP) is 2.59. The van der Waals surface area contributed by atoms with Crippen LogP contribution in [0, 0.1) is 0 Å². The van der Waals surface area contributed by atoms with Crippen LogP contribution >= 0.6 is 0 Å². The van der Waals surface area contributed by atoms with E-state index in [0.29, 0.717) is 5.69 Å². The quantitative estimate of drug-likeness (QED) is 0.747. The zero-order chi connectivity index (χ0) is 12.5. The minimum atomic E-state index is 0.713. The maximum Gasteiger partial charge on any atom is 0.144 e. The van der Waals surface area contributed by atoms with Crippen molar-refractivity contribution in [3.63, 3.8) is 0 Å². The predicted molar refractivity (Wildman–Crippen MR) is 71.6 cm³/mol. The van der Waals surface area contributed by atoms with Gasteiger partial charge in [0.2, 0.25) is 0 Å². The molecule has 0 radical (unpaired) electrons. The van der Waals surface area contributed by atoms with Crippen LogP contribution in [0.4, 0.5) is 5.69 Å². The zero-order valence-electron chi connectivity index (χ0n) is 10.00. The van der Waals surface area contributed by atoms with E-state index in [2.05, 4.69) is 4.98 Å². The number of fused-ring (bicyclic) bond motifs is 1. The molecule has 2 heterocycles. The summed E-state index contributed by atoms with van der Waals surface area (Å²) in [5, 5.41) is 0. The lowest BCUT2D eigenvalue weighted by Gasteiger charge is -2.04. The maximum absolute atomic E-state index is 5.81. The van der Waals surface area contributed by atoms with Crippen molar-refractivity contribution in [3.05, 3.63) is 48.8 Å². The maximum atomic E-state index is 5.81. The molecule has 3 aromatic rings. The highest BCUT2D eigenvalue weighted by molar-refractivity contribution is 5.65. The fraction of sp³-hybridized carbons (Fsp3) is 0.0714. The van der Waals surface area contributed by atoms with Gasteiger partial charge >= 0.3 is 0 Å². The van der Waals surface area contributed by atoms with Crippen LogP contribution in [-0.2, 0) is 0 Å². The van der Waals surface area contributed by atoms with E-state index < -0.39 is 0 Å². The fourth-order valence-corrected chi connectivity index (χ4v) is 1.98. The third-order valence-electron chi connectivity index (χ3n) is 2.88. The topological polar surface area (TPSA) is 52.5 Å². The van der Waals surface area contributed by atoms with E-state index >= 15 is 0 Å². The number of rotatable bonds is 2. The molecule has 0 bridgehead atoms. The molecular formula is C14H13N3O. The van der Waals surface area contributed by atoms with Gasteiger partial charge in [-0.15, -0.1) is 0 Å². The number of ether oxygens (including phenoxy) is 1. The second kappa shape index (κ2) is 4.07. The molecule has 0 aliphatic carbocycles. The SMILES string of the molecule is COc1cccc(-c2ncc3ccc(N)cn23)c1. The summed E-state index contributed by atoms with van der Waals surface area (Å²) in [6, 6.07) is 11.6. The van der Waals surface area contributed by atoms with E-state index in [1.165, 1.54) is 0 Å². The summed E-state index contributed by atoms with van der Waals surface area (Å²) in [5.74, 6) is 1.67. The number of hydrogen-bond acceptors (Lipinski definition) is 3. The molecule has 0 atom stereocenters. The van der Waals surface area contributed by atoms with Crippen LogP contribution < -0.4 is 10.5 Å². The lowest BCUT2D eigenvalue weighted by Crippen LogP contribution is -1.93. The monoisotopic (exact) mass is 239 g/mol. The van der Waals surface area contributed by atoms with Crippen LogP contribution in [0.5, 0.6) is 5.75 Å². The Morgan fingerprint density at radius 2 is 2.11 bits per heavy atom. The Morgan fingerprint density at radius 1 is 1.22 bits per heavy atom. The standard InChI is InChI=1S/C14H13N3O/c1-18-13-4-2-3-10(7-13)14-16-8-12-6-5-11(15)9-17(12)14/h2-9H,15H2,1H3. The summed E-state index contributed by atoms with van der Waals surface area (Å²) < 4.78 is 7.20. The van der Waals surface area contributed by atoms with Crippen LogP contribution in [0.1, 0.15) is 0 Å². The Morgan fingerprint density at radius 3 is 2.94 bits per heavy atom. The molecule has 3 rings (SSSR count). The van der Waals surface area contributed by atoms with E-state index in [1.54, 1.807) is 7.11 Å². The van der Waals surface area contributed by atoms with Gasteiger partial charge in [-0.05, 0) is 24.3 Å². The molecule has 0 aliphatic rings. The van der Waals surface area contributed by atoms with Gasteiger partial charge in [-0.25, -0.2) is 4.98 Å². The van der Waals surface area contributed by atoms with Crippen LogP contribution in [0.25, 0.3) is 16.9 Å². The first-order chi connectivity index (χ1) is 8.78. The van der Waals surface area contributed by atoms with Gasteiger partial charge in [-0.1, -0.05) is 12.1 Å². The van der Waals surface area contributed by atoms with E-state index in [-0.39, 0.29) is 0 Å². The second-order valence-electron chi connectivity index (χ2n) is 4.07. The average Bonchev–Trinajstić information content (AvgIpc) is 2.81. The molecule has 4 nitrogen and oxygen atoms in total. The number of anilines is 1. The second-order valence-corrected chi connectivity index (χ2v) is 4.07. The first kappa shape index (κ1) is 10.7. The van der Waals surface area contributed by atoms with Gasteiger partial charge in [-0.3, -0.25) is 4.40 Å². The Hall–Kier alpha value is -2.49. The highest BCUT2D eigenvalue weighted by Crippen LogP contribution is 2.24. The minimum Gasteiger partial charge on any atom is -0.497 e. The molecule has 0 saturated carbocycles.